The van der Waals surface area contributed by atoms with Crippen molar-refractivity contribution in [3.05, 3.63) is 42.2 Å². The highest BCUT2D eigenvalue weighted by atomic mass is 16.5. The lowest BCUT2D eigenvalue weighted by Gasteiger charge is -2.43. The van der Waals surface area contributed by atoms with E-state index in [0.717, 1.165) is 17.0 Å². The number of hydrogen-bond donors (Lipinski definition) is 4. The molecule has 1 saturated carbocycles. The van der Waals surface area contributed by atoms with Gasteiger partial charge < -0.3 is 25.6 Å². The Hall–Kier alpha value is -2.42. The Labute approximate surface area is 169 Å². The van der Waals surface area contributed by atoms with E-state index in [1.54, 1.807) is 18.0 Å². The molecule has 1 aliphatic heterocycles. The van der Waals surface area contributed by atoms with Gasteiger partial charge in [-0.25, -0.2) is 4.68 Å². The summed E-state index contributed by atoms with van der Waals surface area (Å²) in [5, 5.41) is 31.4. The van der Waals surface area contributed by atoms with E-state index in [9.17, 15) is 15.0 Å². The standard InChI is InChI=1S/C21H28N4O4/c1-12-18(14-9-22-10-15(14)20(27)19(12)26)21(28)23-7-13-8-24-25(11-13)16-5-3-4-6-17(16)29-2/h3-6,8,11-12,14-15,18-20,22,26-27H,7,9-10H2,1-2H3,(H,23,28)/t12-,14+,15+,18+,19+,20+/m1/s1. The molecular formula is C21H28N4O4. The lowest BCUT2D eigenvalue weighted by molar-refractivity contribution is -0.146. The molecule has 2 aromatic rings. The quantitative estimate of drug-likeness (QED) is 0.576. The predicted molar refractivity (Wildman–Crippen MR) is 106 cm³/mol. The number of amides is 1. The van der Waals surface area contributed by atoms with E-state index in [1.807, 2.05) is 37.4 Å². The molecular weight excluding hydrogens is 372 g/mol. The van der Waals surface area contributed by atoms with Gasteiger partial charge in [-0.2, -0.15) is 5.10 Å². The fourth-order valence-corrected chi connectivity index (χ4v) is 4.80. The number of aromatic nitrogens is 2. The fraction of sp³-hybridized carbons (Fsp3) is 0.524. The van der Waals surface area contributed by atoms with E-state index in [1.165, 1.54) is 0 Å². The topological polar surface area (TPSA) is 109 Å². The Morgan fingerprint density at radius 3 is 2.83 bits per heavy atom. The highest BCUT2D eigenvalue weighted by Gasteiger charge is 2.52. The van der Waals surface area contributed by atoms with Crippen molar-refractivity contribution in [2.75, 3.05) is 20.2 Å². The van der Waals surface area contributed by atoms with Gasteiger partial charge in [-0.1, -0.05) is 19.1 Å². The van der Waals surface area contributed by atoms with Crippen molar-refractivity contribution in [3.8, 4) is 11.4 Å². The van der Waals surface area contributed by atoms with Gasteiger partial charge in [0.15, 0.2) is 0 Å². The molecule has 0 bridgehead atoms. The van der Waals surface area contributed by atoms with Gasteiger partial charge >= 0.3 is 0 Å². The Morgan fingerprint density at radius 1 is 1.28 bits per heavy atom. The van der Waals surface area contributed by atoms with Gasteiger partial charge in [-0.15, -0.1) is 0 Å². The van der Waals surface area contributed by atoms with Crippen molar-refractivity contribution >= 4 is 5.91 Å². The summed E-state index contributed by atoms with van der Waals surface area (Å²) in [6.45, 7) is 3.50. The number of nitrogens with zero attached hydrogens (tertiary/aromatic N) is 2. The summed E-state index contributed by atoms with van der Waals surface area (Å²) in [5.74, 6) is -0.0770. The van der Waals surface area contributed by atoms with Crippen molar-refractivity contribution in [2.24, 2.45) is 23.7 Å². The van der Waals surface area contributed by atoms with Crippen LogP contribution in [0.1, 0.15) is 12.5 Å². The SMILES string of the molecule is COc1ccccc1-n1cc(CNC(=O)[C@H]2[C@@H](C)[C@H](O)[C@@H](O)[C@H]3CNC[C@@H]32)cn1. The number of hydrogen-bond acceptors (Lipinski definition) is 6. The van der Waals surface area contributed by atoms with Crippen LogP contribution in [0.5, 0.6) is 5.75 Å². The van der Waals surface area contributed by atoms with Crippen LogP contribution in [-0.2, 0) is 11.3 Å². The molecule has 0 radical (unpaired) electrons. The third kappa shape index (κ3) is 3.63. The molecule has 1 amide bonds. The highest BCUT2D eigenvalue weighted by Crippen LogP contribution is 2.41. The van der Waals surface area contributed by atoms with Gasteiger partial charge in [-0.3, -0.25) is 4.79 Å². The van der Waals surface area contributed by atoms with Crippen molar-refractivity contribution in [2.45, 2.75) is 25.7 Å². The number of ether oxygens (including phenoxy) is 1. The molecule has 0 spiro atoms. The Kier molecular flexibility index (Phi) is 5.58. The molecule has 0 unspecified atom stereocenters. The molecule has 2 fully saturated rings. The van der Waals surface area contributed by atoms with Crippen LogP contribution in [0.2, 0.25) is 0 Å². The number of para-hydroxylation sites is 2. The Morgan fingerprint density at radius 2 is 2.03 bits per heavy atom. The number of rotatable bonds is 5. The second-order valence-corrected chi connectivity index (χ2v) is 8.03. The summed E-state index contributed by atoms with van der Waals surface area (Å²) >= 11 is 0. The van der Waals surface area contributed by atoms with Gasteiger partial charge in [0.05, 0.1) is 25.5 Å². The largest absolute Gasteiger partial charge is 0.494 e. The van der Waals surface area contributed by atoms with Crippen LogP contribution in [0, 0.1) is 23.7 Å². The molecule has 8 heteroatoms. The minimum absolute atomic E-state index is 0.0275. The van der Waals surface area contributed by atoms with Gasteiger partial charge in [-0.05, 0) is 30.5 Å². The monoisotopic (exact) mass is 400 g/mol. The molecule has 29 heavy (non-hydrogen) atoms. The molecule has 4 N–H and O–H groups in total. The van der Waals surface area contributed by atoms with Crippen molar-refractivity contribution in [1.82, 2.24) is 20.4 Å². The number of nitrogens with one attached hydrogen (secondary N) is 2. The fourth-order valence-electron chi connectivity index (χ4n) is 4.80. The molecule has 8 nitrogen and oxygen atoms in total. The van der Waals surface area contributed by atoms with Crippen molar-refractivity contribution < 1.29 is 19.7 Å². The first kappa shape index (κ1) is 19.9. The lowest BCUT2D eigenvalue weighted by Crippen LogP contribution is -2.55. The smallest absolute Gasteiger partial charge is 0.224 e. The summed E-state index contributed by atoms with van der Waals surface area (Å²) in [7, 11) is 1.62. The van der Waals surface area contributed by atoms with E-state index < -0.39 is 12.2 Å². The summed E-state index contributed by atoms with van der Waals surface area (Å²) in [4.78, 5) is 13.0. The van der Waals surface area contributed by atoms with Gasteiger partial charge in [0.2, 0.25) is 5.91 Å². The van der Waals surface area contributed by atoms with Crippen molar-refractivity contribution in [3.63, 3.8) is 0 Å². The number of carbonyl (C=O) groups excluding carboxylic acids is 1. The highest BCUT2D eigenvalue weighted by molar-refractivity contribution is 5.79. The summed E-state index contributed by atoms with van der Waals surface area (Å²) in [6, 6.07) is 7.60. The number of fused-ring (bicyclic) bond motifs is 1. The van der Waals surface area contributed by atoms with Gasteiger partial charge in [0, 0.05) is 36.7 Å². The van der Waals surface area contributed by atoms with E-state index in [-0.39, 0.29) is 29.6 Å². The number of benzene rings is 1. The number of aliphatic hydroxyl groups is 2. The minimum Gasteiger partial charge on any atom is -0.494 e. The number of aliphatic hydroxyl groups excluding tert-OH is 2. The Balaban J connectivity index is 1.44. The minimum atomic E-state index is -0.889. The first-order chi connectivity index (χ1) is 14.0. The lowest BCUT2D eigenvalue weighted by atomic mass is 9.65. The molecule has 2 heterocycles. The molecule has 6 atom stereocenters. The molecule has 1 aromatic carbocycles. The van der Waals surface area contributed by atoms with E-state index in [4.69, 9.17) is 4.74 Å². The van der Waals surface area contributed by atoms with Crippen LogP contribution in [0.3, 0.4) is 0 Å². The predicted octanol–water partition coefficient (Wildman–Crippen LogP) is 0.320. The van der Waals surface area contributed by atoms with Crippen LogP contribution in [0.4, 0.5) is 0 Å². The average Bonchev–Trinajstić information content (AvgIpc) is 3.40. The van der Waals surface area contributed by atoms with E-state index in [0.29, 0.717) is 19.6 Å². The van der Waals surface area contributed by atoms with Crippen LogP contribution >= 0.6 is 0 Å². The first-order valence-corrected chi connectivity index (χ1v) is 10.0. The zero-order valence-electron chi connectivity index (χ0n) is 16.7. The third-order valence-corrected chi connectivity index (χ3v) is 6.40. The van der Waals surface area contributed by atoms with Gasteiger partial charge in [0.1, 0.15) is 11.4 Å². The third-order valence-electron chi connectivity index (χ3n) is 6.40. The molecule has 156 valence electrons. The summed E-state index contributed by atoms with van der Waals surface area (Å²) < 4.78 is 7.10. The maximum Gasteiger partial charge on any atom is 0.224 e. The van der Waals surface area contributed by atoms with Crippen LogP contribution < -0.4 is 15.4 Å². The van der Waals surface area contributed by atoms with Crippen LogP contribution in [-0.4, -0.2) is 58.3 Å². The number of carbonyl (C=O) groups is 1. The molecule has 2 aliphatic rings. The summed E-state index contributed by atoms with van der Waals surface area (Å²) in [6.07, 6.45) is 1.91. The van der Waals surface area contributed by atoms with Crippen LogP contribution in [0.25, 0.3) is 5.69 Å². The molecule has 4 rings (SSSR count). The normalized spacial score (nSPS) is 31.3. The molecule has 1 saturated heterocycles. The van der Waals surface area contributed by atoms with Gasteiger partial charge in [0.25, 0.3) is 0 Å². The maximum absolute atomic E-state index is 13.0. The van der Waals surface area contributed by atoms with Crippen LogP contribution in [0.15, 0.2) is 36.7 Å². The average molecular weight is 400 g/mol. The second-order valence-electron chi connectivity index (χ2n) is 8.03. The molecule has 1 aliphatic carbocycles. The van der Waals surface area contributed by atoms with Crippen molar-refractivity contribution in [1.29, 1.82) is 0 Å². The zero-order chi connectivity index (χ0) is 20.5. The Bertz CT molecular complexity index is 870. The first-order valence-electron chi connectivity index (χ1n) is 10.0. The van der Waals surface area contributed by atoms with E-state index in [2.05, 4.69) is 15.7 Å². The second kappa shape index (κ2) is 8.14. The molecule has 1 aromatic heterocycles. The van der Waals surface area contributed by atoms with E-state index >= 15 is 0 Å². The zero-order valence-corrected chi connectivity index (χ0v) is 16.7. The maximum atomic E-state index is 13.0. The summed E-state index contributed by atoms with van der Waals surface area (Å²) in [5.41, 5.74) is 1.69. The number of methoxy groups -OCH3 is 1.